The maximum Gasteiger partial charge on any atom is 0.223 e. The maximum absolute atomic E-state index is 11.9. The highest BCUT2D eigenvalue weighted by atomic mass is 16.3. The van der Waals surface area contributed by atoms with Gasteiger partial charge in [-0.15, -0.1) is 0 Å². The molecule has 0 saturated carbocycles. The molecule has 1 aromatic rings. The van der Waals surface area contributed by atoms with Gasteiger partial charge in [0.25, 0.3) is 0 Å². The number of amides is 1. The van der Waals surface area contributed by atoms with Crippen LogP contribution in [0.4, 0.5) is 0 Å². The Balaban J connectivity index is 1.69. The fourth-order valence-electron chi connectivity index (χ4n) is 2.19. The fourth-order valence-corrected chi connectivity index (χ4v) is 2.19. The van der Waals surface area contributed by atoms with Gasteiger partial charge in [0.15, 0.2) is 0 Å². The Morgan fingerprint density at radius 3 is 3.24 bits per heavy atom. The maximum atomic E-state index is 11.9. The SMILES string of the molecule is O=C(NCCc1ccco1)C1CCCNCC1. The van der Waals surface area contributed by atoms with Crippen molar-refractivity contribution >= 4 is 5.91 Å². The largest absolute Gasteiger partial charge is 0.469 e. The summed E-state index contributed by atoms with van der Waals surface area (Å²) in [4.78, 5) is 11.9. The van der Waals surface area contributed by atoms with E-state index in [9.17, 15) is 4.79 Å². The van der Waals surface area contributed by atoms with E-state index in [1.54, 1.807) is 6.26 Å². The minimum absolute atomic E-state index is 0.182. The molecule has 0 aliphatic carbocycles. The van der Waals surface area contributed by atoms with E-state index in [0.29, 0.717) is 6.54 Å². The van der Waals surface area contributed by atoms with Crippen LogP contribution in [0.15, 0.2) is 22.8 Å². The molecule has 1 aliphatic rings. The third-order valence-corrected chi connectivity index (χ3v) is 3.20. The van der Waals surface area contributed by atoms with Gasteiger partial charge in [-0.2, -0.15) is 0 Å². The molecule has 0 bridgehead atoms. The van der Waals surface area contributed by atoms with Crippen LogP contribution in [0.2, 0.25) is 0 Å². The molecule has 94 valence electrons. The highest BCUT2D eigenvalue weighted by Crippen LogP contribution is 2.13. The van der Waals surface area contributed by atoms with Gasteiger partial charge < -0.3 is 15.1 Å². The molecule has 1 aliphatic heterocycles. The number of carbonyl (C=O) groups is 1. The van der Waals surface area contributed by atoms with E-state index in [4.69, 9.17) is 4.42 Å². The summed E-state index contributed by atoms with van der Waals surface area (Å²) < 4.78 is 5.22. The minimum Gasteiger partial charge on any atom is -0.469 e. The lowest BCUT2D eigenvalue weighted by atomic mass is 10.00. The van der Waals surface area contributed by atoms with Crippen molar-refractivity contribution in [2.45, 2.75) is 25.7 Å². The molecule has 1 saturated heterocycles. The quantitative estimate of drug-likeness (QED) is 0.829. The first kappa shape index (κ1) is 12.2. The van der Waals surface area contributed by atoms with Crippen LogP contribution in [-0.4, -0.2) is 25.5 Å². The van der Waals surface area contributed by atoms with Gasteiger partial charge in [0.2, 0.25) is 5.91 Å². The summed E-state index contributed by atoms with van der Waals surface area (Å²) in [5.41, 5.74) is 0. The van der Waals surface area contributed by atoms with Crippen LogP contribution in [0.25, 0.3) is 0 Å². The van der Waals surface area contributed by atoms with E-state index in [0.717, 1.165) is 44.5 Å². The highest BCUT2D eigenvalue weighted by molar-refractivity contribution is 5.78. The zero-order chi connectivity index (χ0) is 11.9. The van der Waals surface area contributed by atoms with Crippen LogP contribution in [0.5, 0.6) is 0 Å². The summed E-state index contributed by atoms with van der Waals surface area (Å²) >= 11 is 0. The Morgan fingerprint density at radius 1 is 1.47 bits per heavy atom. The van der Waals surface area contributed by atoms with Gasteiger partial charge in [-0.3, -0.25) is 4.79 Å². The Morgan fingerprint density at radius 2 is 2.41 bits per heavy atom. The normalized spacial score (nSPS) is 20.8. The molecule has 4 heteroatoms. The smallest absolute Gasteiger partial charge is 0.223 e. The Labute approximate surface area is 102 Å². The molecule has 1 amide bonds. The van der Waals surface area contributed by atoms with Crippen molar-refractivity contribution in [3.05, 3.63) is 24.2 Å². The van der Waals surface area contributed by atoms with Crippen molar-refractivity contribution < 1.29 is 9.21 Å². The molecule has 1 fully saturated rings. The van der Waals surface area contributed by atoms with E-state index in [1.807, 2.05) is 12.1 Å². The molecule has 0 aromatic carbocycles. The van der Waals surface area contributed by atoms with Crippen molar-refractivity contribution in [1.29, 1.82) is 0 Å². The van der Waals surface area contributed by atoms with Crippen molar-refractivity contribution in [2.75, 3.05) is 19.6 Å². The first-order valence-corrected chi connectivity index (χ1v) is 6.37. The second-order valence-corrected chi connectivity index (χ2v) is 4.50. The second-order valence-electron chi connectivity index (χ2n) is 4.50. The molecule has 2 heterocycles. The lowest BCUT2D eigenvalue weighted by molar-refractivity contribution is -0.125. The van der Waals surface area contributed by atoms with Crippen LogP contribution in [0.1, 0.15) is 25.0 Å². The molecule has 4 nitrogen and oxygen atoms in total. The number of furan rings is 1. The number of nitrogens with one attached hydrogen (secondary N) is 2. The van der Waals surface area contributed by atoms with Gasteiger partial charge >= 0.3 is 0 Å². The molecular formula is C13H20N2O2. The van der Waals surface area contributed by atoms with Crippen LogP contribution in [-0.2, 0) is 11.2 Å². The van der Waals surface area contributed by atoms with Crippen molar-refractivity contribution in [1.82, 2.24) is 10.6 Å². The first-order valence-electron chi connectivity index (χ1n) is 6.37. The van der Waals surface area contributed by atoms with E-state index in [-0.39, 0.29) is 11.8 Å². The molecule has 0 spiro atoms. The summed E-state index contributed by atoms with van der Waals surface area (Å²) in [6.07, 6.45) is 5.47. The molecule has 2 N–H and O–H groups in total. The highest BCUT2D eigenvalue weighted by Gasteiger charge is 2.19. The zero-order valence-corrected chi connectivity index (χ0v) is 10.1. The fraction of sp³-hybridized carbons (Fsp3) is 0.615. The van der Waals surface area contributed by atoms with Gasteiger partial charge in [0.05, 0.1) is 6.26 Å². The molecule has 1 atom stereocenters. The topological polar surface area (TPSA) is 54.3 Å². The van der Waals surface area contributed by atoms with Crippen LogP contribution < -0.4 is 10.6 Å². The average Bonchev–Trinajstić information content (AvgIpc) is 2.69. The summed E-state index contributed by atoms with van der Waals surface area (Å²) in [5, 5.41) is 6.31. The van der Waals surface area contributed by atoms with Gasteiger partial charge in [0, 0.05) is 18.9 Å². The predicted molar refractivity (Wildman–Crippen MR) is 65.6 cm³/mol. The lowest BCUT2D eigenvalue weighted by Crippen LogP contribution is -2.32. The third kappa shape index (κ3) is 3.89. The van der Waals surface area contributed by atoms with E-state index in [1.165, 1.54) is 0 Å². The number of hydrogen-bond acceptors (Lipinski definition) is 3. The van der Waals surface area contributed by atoms with Gasteiger partial charge in [-0.05, 0) is 44.5 Å². The first-order chi connectivity index (χ1) is 8.36. The monoisotopic (exact) mass is 236 g/mol. The minimum atomic E-state index is 0.182. The Bertz CT molecular complexity index is 327. The van der Waals surface area contributed by atoms with Crippen molar-refractivity contribution in [3.8, 4) is 0 Å². The number of hydrogen-bond donors (Lipinski definition) is 2. The van der Waals surface area contributed by atoms with E-state index >= 15 is 0 Å². The Hall–Kier alpha value is -1.29. The van der Waals surface area contributed by atoms with Crippen molar-refractivity contribution in [3.63, 3.8) is 0 Å². The third-order valence-electron chi connectivity index (χ3n) is 3.20. The molecule has 1 unspecified atom stereocenters. The second kappa shape index (κ2) is 6.45. The van der Waals surface area contributed by atoms with Gasteiger partial charge in [-0.1, -0.05) is 0 Å². The van der Waals surface area contributed by atoms with E-state index < -0.39 is 0 Å². The summed E-state index contributed by atoms with van der Waals surface area (Å²) in [6, 6.07) is 3.80. The summed E-state index contributed by atoms with van der Waals surface area (Å²) in [7, 11) is 0. The molecule has 0 radical (unpaired) electrons. The molecule has 2 rings (SSSR count). The molecular weight excluding hydrogens is 216 g/mol. The summed E-state index contributed by atoms with van der Waals surface area (Å²) in [6.45, 7) is 2.66. The summed E-state index contributed by atoms with van der Waals surface area (Å²) in [5.74, 6) is 1.30. The van der Waals surface area contributed by atoms with Gasteiger partial charge in [-0.25, -0.2) is 0 Å². The predicted octanol–water partition coefficient (Wildman–Crippen LogP) is 1.33. The van der Waals surface area contributed by atoms with Gasteiger partial charge in [0.1, 0.15) is 5.76 Å². The van der Waals surface area contributed by atoms with Crippen molar-refractivity contribution in [2.24, 2.45) is 5.92 Å². The van der Waals surface area contributed by atoms with Crippen LogP contribution in [0, 0.1) is 5.92 Å². The number of carbonyl (C=O) groups excluding carboxylic acids is 1. The lowest BCUT2D eigenvalue weighted by Gasteiger charge is -2.13. The molecule has 1 aromatic heterocycles. The number of rotatable bonds is 4. The standard InChI is InChI=1S/C13H20N2O2/c16-13(11-3-1-7-14-8-5-11)15-9-6-12-4-2-10-17-12/h2,4,10-11,14H,1,3,5-9H2,(H,15,16). The molecule has 17 heavy (non-hydrogen) atoms. The Kier molecular flexibility index (Phi) is 4.62. The average molecular weight is 236 g/mol. The van der Waals surface area contributed by atoms with Crippen LogP contribution >= 0.6 is 0 Å². The van der Waals surface area contributed by atoms with E-state index in [2.05, 4.69) is 10.6 Å². The van der Waals surface area contributed by atoms with Crippen LogP contribution in [0.3, 0.4) is 0 Å². The zero-order valence-electron chi connectivity index (χ0n) is 10.1.